The van der Waals surface area contributed by atoms with Gasteiger partial charge in [0.15, 0.2) is 0 Å². The molecule has 0 aliphatic carbocycles. The van der Waals surface area contributed by atoms with E-state index in [1.54, 1.807) is 4.90 Å². The van der Waals surface area contributed by atoms with Gasteiger partial charge in [0.2, 0.25) is 11.8 Å². The first-order chi connectivity index (χ1) is 13.0. The van der Waals surface area contributed by atoms with Gasteiger partial charge in [-0.3, -0.25) is 9.59 Å². The third-order valence-corrected chi connectivity index (χ3v) is 4.98. The van der Waals surface area contributed by atoms with Gasteiger partial charge in [0.05, 0.1) is 0 Å². The van der Waals surface area contributed by atoms with Gasteiger partial charge in [-0.1, -0.05) is 48.0 Å². The SMILES string of the molecule is CC(=O)N(CC(=O)N1CCN(c2ccccc2)CC1)Cc1cccc(C)c1. The summed E-state index contributed by atoms with van der Waals surface area (Å²) in [6, 6.07) is 18.3. The first-order valence-electron chi connectivity index (χ1n) is 9.42. The Morgan fingerprint density at radius 2 is 1.67 bits per heavy atom. The summed E-state index contributed by atoms with van der Waals surface area (Å²) in [6.45, 7) is 7.14. The zero-order chi connectivity index (χ0) is 19.2. The molecule has 1 heterocycles. The van der Waals surface area contributed by atoms with Gasteiger partial charge in [0, 0.05) is 45.3 Å². The van der Waals surface area contributed by atoms with Gasteiger partial charge in [0.25, 0.3) is 0 Å². The first-order valence-corrected chi connectivity index (χ1v) is 9.42. The number of carbonyl (C=O) groups is 2. The predicted molar refractivity (Wildman–Crippen MR) is 108 cm³/mol. The number of carbonyl (C=O) groups excluding carboxylic acids is 2. The van der Waals surface area contributed by atoms with Crippen LogP contribution in [0.25, 0.3) is 0 Å². The number of hydrogen-bond acceptors (Lipinski definition) is 3. The number of para-hydroxylation sites is 1. The number of rotatable bonds is 5. The monoisotopic (exact) mass is 365 g/mol. The van der Waals surface area contributed by atoms with Gasteiger partial charge in [-0.25, -0.2) is 0 Å². The molecule has 3 rings (SSSR count). The largest absolute Gasteiger partial charge is 0.368 e. The third kappa shape index (κ3) is 5.09. The highest BCUT2D eigenvalue weighted by Gasteiger charge is 2.23. The molecule has 2 aromatic carbocycles. The molecule has 0 bridgehead atoms. The van der Waals surface area contributed by atoms with Crippen LogP contribution in [0.4, 0.5) is 5.69 Å². The molecule has 1 saturated heterocycles. The summed E-state index contributed by atoms with van der Waals surface area (Å²) in [5.74, 6) is -0.0571. The summed E-state index contributed by atoms with van der Waals surface area (Å²) in [4.78, 5) is 30.5. The molecule has 1 aliphatic rings. The summed E-state index contributed by atoms with van der Waals surface area (Å²) in [5.41, 5.74) is 3.39. The van der Waals surface area contributed by atoms with Gasteiger partial charge in [0.1, 0.15) is 6.54 Å². The van der Waals surface area contributed by atoms with Crippen LogP contribution in [0.15, 0.2) is 54.6 Å². The van der Waals surface area contributed by atoms with E-state index >= 15 is 0 Å². The van der Waals surface area contributed by atoms with Crippen molar-refractivity contribution in [3.63, 3.8) is 0 Å². The van der Waals surface area contributed by atoms with E-state index in [1.165, 1.54) is 12.6 Å². The topological polar surface area (TPSA) is 43.9 Å². The van der Waals surface area contributed by atoms with Crippen molar-refractivity contribution in [1.82, 2.24) is 9.80 Å². The molecular formula is C22H27N3O2. The van der Waals surface area contributed by atoms with E-state index in [4.69, 9.17) is 0 Å². The minimum absolute atomic E-state index is 0.0190. The molecule has 27 heavy (non-hydrogen) atoms. The molecule has 0 N–H and O–H groups in total. The summed E-state index contributed by atoms with van der Waals surface area (Å²) in [6.07, 6.45) is 0. The minimum Gasteiger partial charge on any atom is -0.368 e. The smallest absolute Gasteiger partial charge is 0.242 e. The molecule has 1 fully saturated rings. The maximum atomic E-state index is 12.7. The Balaban J connectivity index is 1.56. The van der Waals surface area contributed by atoms with Crippen LogP contribution in [-0.2, 0) is 16.1 Å². The lowest BCUT2D eigenvalue weighted by Gasteiger charge is -2.37. The number of nitrogens with zero attached hydrogens (tertiary/aromatic N) is 3. The predicted octanol–water partition coefficient (Wildman–Crippen LogP) is 2.69. The Morgan fingerprint density at radius 3 is 2.30 bits per heavy atom. The number of piperazine rings is 1. The van der Waals surface area contributed by atoms with Crippen molar-refractivity contribution in [3.8, 4) is 0 Å². The Labute approximate surface area is 161 Å². The lowest BCUT2D eigenvalue weighted by molar-refractivity contribution is -0.140. The second-order valence-electron chi connectivity index (χ2n) is 7.07. The average molecular weight is 365 g/mol. The van der Waals surface area contributed by atoms with Gasteiger partial charge in [-0.05, 0) is 24.6 Å². The average Bonchev–Trinajstić information content (AvgIpc) is 2.68. The molecule has 0 radical (unpaired) electrons. The molecule has 0 saturated carbocycles. The molecule has 5 heteroatoms. The number of anilines is 1. The van der Waals surface area contributed by atoms with Crippen LogP contribution in [-0.4, -0.2) is 54.3 Å². The van der Waals surface area contributed by atoms with Crippen molar-refractivity contribution < 1.29 is 9.59 Å². The second kappa shape index (κ2) is 8.71. The maximum absolute atomic E-state index is 12.7. The van der Waals surface area contributed by atoms with Crippen molar-refractivity contribution in [2.75, 3.05) is 37.6 Å². The van der Waals surface area contributed by atoms with Crippen LogP contribution in [0.2, 0.25) is 0 Å². The van der Waals surface area contributed by atoms with Crippen molar-refractivity contribution in [2.45, 2.75) is 20.4 Å². The van der Waals surface area contributed by atoms with Gasteiger partial charge < -0.3 is 14.7 Å². The van der Waals surface area contributed by atoms with Crippen LogP contribution in [0.1, 0.15) is 18.1 Å². The van der Waals surface area contributed by atoms with E-state index in [2.05, 4.69) is 23.1 Å². The van der Waals surface area contributed by atoms with Crippen molar-refractivity contribution in [2.24, 2.45) is 0 Å². The molecule has 0 spiro atoms. The standard InChI is InChI=1S/C22H27N3O2/c1-18-7-6-8-20(15-18)16-25(19(2)26)17-22(27)24-13-11-23(12-14-24)21-9-4-3-5-10-21/h3-10,15H,11-14,16-17H2,1-2H3. The maximum Gasteiger partial charge on any atom is 0.242 e. The second-order valence-corrected chi connectivity index (χ2v) is 7.07. The van der Waals surface area contributed by atoms with Gasteiger partial charge in [-0.15, -0.1) is 0 Å². The summed E-state index contributed by atoms with van der Waals surface area (Å²) in [5, 5.41) is 0. The van der Waals surface area contributed by atoms with E-state index in [0.717, 1.165) is 24.2 Å². The van der Waals surface area contributed by atoms with Crippen LogP contribution < -0.4 is 4.90 Å². The highest BCUT2D eigenvalue weighted by atomic mass is 16.2. The van der Waals surface area contributed by atoms with Crippen molar-refractivity contribution in [3.05, 3.63) is 65.7 Å². The number of hydrogen-bond donors (Lipinski definition) is 0. The number of amides is 2. The van der Waals surface area contributed by atoms with Gasteiger partial charge in [-0.2, -0.15) is 0 Å². The molecular weight excluding hydrogens is 338 g/mol. The molecule has 0 aromatic heterocycles. The fourth-order valence-corrected chi connectivity index (χ4v) is 3.43. The Morgan fingerprint density at radius 1 is 0.963 bits per heavy atom. The van der Waals surface area contributed by atoms with E-state index < -0.39 is 0 Å². The Hall–Kier alpha value is -2.82. The van der Waals surface area contributed by atoms with E-state index in [-0.39, 0.29) is 18.4 Å². The highest BCUT2D eigenvalue weighted by molar-refractivity contribution is 5.84. The molecule has 1 aliphatic heterocycles. The fourth-order valence-electron chi connectivity index (χ4n) is 3.43. The van der Waals surface area contributed by atoms with E-state index in [9.17, 15) is 9.59 Å². The normalized spacial score (nSPS) is 14.1. The molecule has 0 unspecified atom stereocenters. The van der Waals surface area contributed by atoms with Crippen LogP contribution in [0.5, 0.6) is 0 Å². The lowest BCUT2D eigenvalue weighted by atomic mass is 10.1. The zero-order valence-corrected chi connectivity index (χ0v) is 16.1. The summed E-state index contributed by atoms with van der Waals surface area (Å²) in [7, 11) is 0. The first kappa shape index (κ1) is 19.0. The van der Waals surface area contributed by atoms with Crippen LogP contribution in [0, 0.1) is 6.92 Å². The van der Waals surface area contributed by atoms with E-state index in [0.29, 0.717) is 19.6 Å². The molecule has 5 nitrogen and oxygen atoms in total. The fraction of sp³-hybridized carbons (Fsp3) is 0.364. The molecule has 142 valence electrons. The Kier molecular flexibility index (Phi) is 6.12. The van der Waals surface area contributed by atoms with Gasteiger partial charge >= 0.3 is 0 Å². The number of aryl methyl sites for hydroxylation is 1. The molecule has 0 atom stereocenters. The zero-order valence-electron chi connectivity index (χ0n) is 16.1. The van der Waals surface area contributed by atoms with Crippen LogP contribution >= 0.6 is 0 Å². The molecule has 2 aromatic rings. The quantitative estimate of drug-likeness (QED) is 0.818. The lowest BCUT2D eigenvalue weighted by Crippen LogP contribution is -2.51. The number of benzene rings is 2. The summed E-state index contributed by atoms with van der Waals surface area (Å²) >= 11 is 0. The minimum atomic E-state index is -0.0761. The molecule has 2 amide bonds. The Bertz CT molecular complexity index is 783. The highest BCUT2D eigenvalue weighted by Crippen LogP contribution is 2.16. The van der Waals surface area contributed by atoms with Crippen molar-refractivity contribution >= 4 is 17.5 Å². The summed E-state index contributed by atoms with van der Waals surface area (Å²) < 4.78 is 0. The van der Waals surface area contributed by atoms with Crippen LogP contribution in [0.3, 0.4) is 0 Å². The third-order valence-electron chi connectivity index (χ3n) is 4.98. The van der Waals surface area contributed by atoms with E-state index in [1.807, 2.05) is 48.2 Å². The van der Waals surface area contributed by atoms with Crippen molar-refractivity contribution in [1.29, 1.82) is 0 Å².